The number of aryl methyl sites for hydroxylation is 1. The standard InChI is InChI=1S/C18H24N4O2/c1-13(18(24)19-10-14-6-4-3-5-7-14)22-9-8-17-15(11-22)16(12-23)20-21(17)2/h3-7,13,23H,8-12H2,1-2H3,(H,19,24). The molecule has 24 heavy (non-hydrogen) atoms. The second kappa shape index (κ2) is 7.15. The average molecular weight is 328 g/mol. The number of hydrogen-bond donors (Lipinski definition) is 2. The van der Waals surface area contributed by atoms with Crippen LogP contribution in [0.1, 0.15) is 29.4 Å². The molecular formula is C18H24N4O2. The van der Waals surface area contributed by atoms with Crippen LogP contribution in [-0.4, -0.2) is 38.3 Å². The lowest BCUT2D eigenvalue weighted by molar-refractivity contribution is -0.126. The van der Waals surface area contributed by atoms with Gasteiger partial charge in [0, 0.05) is 44.4 Å². The predicted octanol–water partition coefficient (Wildman–Crippen LogP) is 0.975. The number of carbonyl (C=O) groups is 1. The van der Waals surface area contributed by atoms with Crippen molar-refractivity contribution in [3.8, 4) is 0 Å². The van der Waals surface area contributed by atoms with Crippen LogP contribution in [-0.2, 0) is 38.0 Å². The first-order chi connectivity index (χ1) is 11.6. The van der Waals surface area contributed by atoms with Crippen LogP contribution in [0.25, 0.3) is 0 Å². The van der Waals surface area contributed by atoms with E-state index in [1.807, 2.05) is 49.0 Å². The fourth-order valence-corrected chi connectivity index (χ4v) is 3.25. The Balaban J connectivity index is 1.63. The first kappa shape index (κ1) is 16.7. The first-order valence-corrected chi connectivity index (χ1v) is 8.30. The Kier molecular flexibility index (Phi) is 4.97. The summed E-state index contributed by atoms with van der Waals surface area (Å²) in [6.07, 6.45) is 0.842. The van der Waals surface area contributed by atoms with Gasteiger partial charge in [0.1, 0.15) is 0 Å². The van der Waals surface area contributed by atoms with Gasteiger partial charge in [-0.3, -0.25) is 14.4 Å². The number of rotatable bonds is 5. The van der Waals surface area contributed by atoms with Crippen LogP contribution in [0, 0.1) is 0 Å². The van der Waals surface area contributed by atoms with E-state index in [0.29, 0.717) is 18.8 Å². The van der Waals surface area contributed by atoms with Crippen molar-refractivity contribution in [3.05, 3.63) is 52.8 Å². The Bertz CT molecular complexity index is 711. The summed E-state index contributed by atoms with van der Waals surface area (Å²) < 4.78 is 1.85. The summed E-state index contributed by atoms with van der Waals surface area (Å²) in [6, 6.07) is 9.69. The predicted molar refractivity (Wildman–Crippen MR) is 91.0 cm³/mol. The van der Waals surface area contributed by atoms with Crippen molar-refractivity contribution in [2.45, 2.75) is 39.1 Å². The molecule has 1 aliphatic rings. The van der Waals surface area contributed by atoms with E-state index in [0.717, 1.165) is 29.8 Å². The van der Waals surface area contributed by atoms with Crippen LogP contribution < -0.4 is 5.32 Å². The molecule has 2 N–H and O–H groups in total. The molecule has 3 rings (SSSR count). The summed E-state index contributed by atoms with van der Waals surface area (Å²) in [7, 11) is 1.91. The van der Waals surface area contributed by atoms with Gasteiger partial charge in [0.15, 0.2) is 0 Å². The van der Waals surface area contributed by atoms with E-state index in [-0.39, 0.29) is 18.6 Å². The highest BCUT2D eigenvalue weighted by molar-refractivity contribution is 5.81. The van der Waals surface area contributed by atoms with Crippen molar-refractivity contribution < 1.29 is 9.90 Å². The minimum atomic E-state index is -0.214. The minimum absolute atomic E-state index is 0.0248. The second-order valence-corrected chi connectivity index (χ2v) is 6.25. The van der Waals surface area contributed by atoms with Gasteiger partial charge in [0.2, 0.25) is 5.91 Å². The largest absolute Gasteiger partial charge is 0.390 e. The molecule has 1 amide bonds. The number of benzene rings is 1. The number of amides is 1. The van der Waals surface area contributed by atoms with Crippen LogP contribution in [0.15, 0.2) is 30.3 Å². The normalized spacial score (nSPS) is 15.8. The Morgan fingerprint density at radius 1 is 1.38 bits per heavy atom. The zero-order valence-corrected chi connectivity index (χ0v) is 14.2. The molecule has 128 valence electrons. The van der Waals surface area contributed by atoms with E-state index >= 15 is 0 Å². The molecule has 1 aromatic carbocycles. The maximum atomic E-state index is 12.5. The fourth-order valence-electron chi connectivity index (χ4n) is 3.25. The molecule has 0 saturated carbocycles. The number of carbonyl (C=O) groups excluding carboxylic acids is 1. The molecule has 0 bridgehead atoms. The number of aliphatic hydroxyl groups is 1. The van der Waals surface area contributed by atoms with E-state index in [4.69, 9.17) is 0 Å². The quantitative estimate of drug-likeness (QED) is 0.858. The third kappa shape index (κ3) is 3.34. The van der Waals surface area contributed by atoms with Crippen LogP contribution in [0.5, 0.6) is 0 Å². The molecule has 0 fully saturated rings. The number of fused-ring (bicyclic) bond motifs is 1. The SMILES string of the molecule is CC(C(=O)NCc1ccccc1)N1CCc2c(c(CO)nn2C)C1. The Labute approximate surface area is 142 Å². The van der Waals surface area contributed by atoms with Gasteiger partial charge in [0.25, 0.3) is 0 Å². The molecule has 0 spiro atoms. The monoisotopic (exact) mass is 328 g/mol. The number of nitrogens with one attached hydrogen (secondary N) is 1. The van der Waals surface area contributed by atoms with Gasteiger partial charge in [-0.05, 0) is 12.5 Å². The van der Waals surface area contributed by atoms with Crippen LogP contribution in [0.2, 0.25) is 0 Å². The minimum Gasteiger partial charge on any atom is -0.390 e. The fraction of sp³-hybridized carbons (Fsp3) is 0.444. The number of aromatic nitrogens is 2. The first-order valence-electron chi connectivity index (χ1n) is 8.30. The highest BCUT2D eigenvalue weighted by Gasteiger charge is 2.29. The lowest BCUT2D eigenvalue weighted by atomic mass is 10.0. The summed E-state index contributed by atoms with van der Waals surface area (Å²) in [5, 5.41) is 16.8. The molecular weight excluding hydrogens is 304 g/mol. The smallest absolute Gasteiger partial charge is 0.237 e. The molecule has 0 saturated heterocycles. The van der Waals surface area contributed by atoms with Crippen molar-refractivity contribution in [1.82, 2.24) is 20.0 Å². The second-order valence-electron chi connectivity index (χ2n) is 6.25. The summed E-state index contributed by atoms with van der Waals surface area (Å²) in [6.45, 7) is 3.88. The van der Waals surface area contributed by atoms with E-state index in [1.165, 1.54) is 0 Å². The van der Waals surface area contributed by atoms with Gasteiger partial charge in [0.05, 0.1) is 18.3 Å². The van der Waals surface area contributed by atoms with Gasteiger partial charge < -0.3 is 10.4 Å². The maximum Gasteiger partial charge on any atom is 0.237 e. The molecule has 1 aliphatic heterocycles. The Morgan fingerprint density at radius 2 is 2.12 bits per heavy atom. The van der Waals surface area contributed by atoms with Gasteiger partial charge in [-0.15, -0.1) is 0 Å². The van der Waals surface area contributed by atoms with Crippen molar-refractivity contribution in [2.75, 3.05) is 6.54 Å². The van der Waals surface area contributed by atoms with Crippen molar-refractivity contribution >= 4 is 5.91 Å². The third-order valence-corrected chi connectivity index (χ3v) is 4.74. The lowest BCUT2D eigenvalue weighted by Crippen LogP contribution is -2.47. The van der Waals surface area contributed by atoms with Gasteiger partial charge >= 0.3 is 0 Å². The van der Waals surface area contributed by atoms with Gasteiger partial charge in [-0.2, -0.15) is 5.10 Å². The van der Waals surface area contributed by atoms with E-state index in [1.54, 1.807) is 0 Å². The molecule has 0 radical (unpaired) electrons. The highest BCUT2D eigenvalue weighted by Crippen LogP contribution is 2.23. The highest BCUT2D eigenvalue weighted by atomic mass is 16.3. The molecule has 2 heterocycles. The third-order valence-electron chi connectivity index (χ3n) is 4.74. The van der Waals surface area contributed by atoms with Crippen LogP contribution in [0.4, 0.5) is 0 Å². The summed E-state index contributed by atoms with van der Waals surface area (Å²) in [4.78, 5) is 14.6. The van der Waals surface area contributed by atoms with Crippen molar-refractivity contribution in [2.24, 2.45) is 7.05 Å². The van der Waals surface area contributed by atoms with E-state index in [9.17, 15) is 9.90 Å². The van der Waals surface area contributed by atoms with E-state index < -0.39 is 0 Å². The average Bonchev–Trinajstić information content (AvgIpc) is 2.95. The molecule has 1 aromatic heterocycles. The zero-order chi connectivity index (χ0) is 17.1. The summed E-state index contributed by atoms with van der Waals surface area (Å²) in [5.74, 6) is 0.0248. The number of aliphatic hydroxyl groups excluding tert-OH is 1. The summed E-state index contributed by atoms with van der Waals surface area (Å²) in [5.41, 5.74) is 4.03. The molecule has 6 nitrogen and oxygen atoms in total. The van der Waals surface area contributed by atoms with Crippen LogP contribution >= 0.6 is 0 Å². The zero-order valence-electron chi connectivity index (χ0n) is 14.2. The molecule has 6 heteroatoms. The molecule has 2 aromatic rings. The van der Waals surface area contributed by atoms with Crippen LogP contribution in [0.3, 0.4) is 0 Å². The maximum absolute atomic E-state index is 12.5. The number of hydrogen-bond acceptors (Lipinski definition) is 4. The Morgan fingerprint density at radius 3 is 2.83 bits per heavy atom. The van der Waals surface area contributed by atoms with Gasteiger partial charge in [-0.25, -0.2) is 0 Å². The number of nitrogens with zero attached hydrogens (tertiary/aromatic N) is 3. The molecule has 0 aliphatic carbocycles. The summed E-state index contributed by atoms with van der Waals surface area (Å²) >= 11 is 0. The van der Waals surface area contributed by atoms with Crippen molar-refractivity contribution in [3.63, 3.8) is 0 Å². The molecule has 1 atom stereocenters. The Hall–Kier alpha value is -2.18. The lowest BCUT2D eigenvalue weighted by Gasteiger charge is -2.32. The van der Waals surface area contributed by atoms with Crippen molar-refractivity contribution in [1.29, 1.82) is 0 Å². The van der Waals surface area contributed by atoms with E-state index in [2.05, 4.69) is 15.3 Å². The molecule has 1 unspecified atom stereocenters. The topological polar surface area (TPSA) is 70.4 Å². The van der Waals surface area contributed by atoms with Gasteiger partial charge in [-0.1, -0.05) is 30.3 Å².